The molecule has 2 nitrogen and oxygen atoms in total. The molecule has 2 aromatic rings. The maximum absolute atomic E-state index is 14.3. The monoisotopic (exact) mass is 308 g/mol. The highest BCUT2D eigenvalue weighted by Crippen LogP contribution is 2.38. The van der Waals surface area contributed by atoms with Crippen LogP contribution in [0.1, 0.15) is 27.6 Å². The lowest BCUT2D eigenvalue weighted by Crippen LogP contribution is -2.02. The second-order valence-electron chi connectivity index (χ2n) is 4.95. The summed E-state index contributed by atoms with van der Waals surface area (Å²) in [6, 6.07) is 8.82. The van der Waals surface area contributed by atoms with Crippen molar-refractivity contribution in [3.63, 3.8) is 0 Å². The summed E-state index contributed by atoms with van der Waals surface area (Å²) in [5.41, 5.74) is 3.44. The van der Waals surface area contributed by atoms with Gasteiger partial charge in [0.15, 0.2) is 11.5 Å². The minimum atomic E-state index is -0.578. The van der Waals surface area contributed by atoms with Gasteiger partial charge >= 0.3 is 0 Å². The minimum Gasteiger partial charge on any atom is -0.493 e. The first-order valence-corrected chi connectivity index (χ1v) is 7.04. The van der Waals surface area contributed by atoms with Gasteiger partial charge in [-0.1, -0.05) is 23.8 Å². The van der Waals surface area contributed by atoms with Crippen molar-refractivity contribution in [3.05, 3.63) is 58.4 Å². The molecule has 0 saturated carbocycles. The zero-order valence-corrected chi connectivity index (χ0v) is 13.3. The third kappa shape index (κ3) is 3.13. The number of ether oxygens (including phenoxy) is 2. The Hall–Kier alpha value is -1.74. The van der Waals surface area contributed by atoms with Crippen molar-refractivity contribution >= 4 is 11.6 Å². The van der Waals surface area contributed by atoms with Gasteiger partial charge in [-0.3, -0.25) is 0 Å². The van der Waals surface area contributed by atoms with Crippen molar-refractivity contribution in [3.8, 4) is 11.5 Å². The van der Waals surface area contributed by atoms with Gasteiger partial charge in [-0.15, -0.1) is 11.6 Å². The lowest BCUT2D eigenvalue weighted by atomic mass is 9.97. The Labute approximate surface area is 129 Å². The highest BCUT2D eigenvalue weighted by molar-refractivity contribution is 6.22. The molecule has 112 valence electrons. The molecule has 0 spiro atoms. The fourth-order valence-corrected chi connectivity index (χ4v) is 2.75. The van der Waals surface area contributed by atoms with Crippen LogP contribution in [0, 0.1) is 19.7 Å². The van der Waals surface area contributed by atoms with Crippen molar-refractivity contribution in [2.24, 2.45) is 0 Å². The Balaban J connectivity index is 2.50. The highest BCUT2D eigenvalue weighted by Gasteiger charge is 2.20. The number of aryl methyl sites for hydroxylation is 2. The molecule has 0 N–H and O–H groups in total. The normalized spacial score (nSPS) is 12.1. The summed E-state index contributed by atoms with van der Waals surface area (Å²) in [7, 11) is 2.99. The molecule has 0 aliphatic carbocycles. The third-order valence-electron chi connectivity index (χ3n) is 3.47. The lowest BCUT2D eigenvalue weighted by molar-refractivity contribution is 0.351. The van der Waals surface area contributed by atoms with E-state index in [2.05, 4.69) is 0 Å². The Kier molecular flexibility index (Phi) is 4.73. The molecule has 0 amide bonds. The third-order valence-corrected chi connectivity index (χ3v) is 3.94. The molecule has 2 aromatic carbocycles. The number of halogens is 2. The summed E-state index contributed by atoms with van der Waals surface area (Å²) >= 11 is 6.48. The standard InChI is InChI=1S/C17H18ClFO2/c1-10-5-6-12(11(2)7-10)17(18)13-8-15(20-3)16(21-4)9-14(13)19/h5-9,17H,1-4H3. The SMILES string of the molecule is COc1cc(F)c(C(Cl)c2ccc(C)cc2C)cc1OC. The van der Waals surface area contributed by atoms with Crippen LogP contribution < -0.4 is 9.47 Å². The van der Waals surface area contributed by atoms with E-state index < -0.39 is 11.2 Å². The van der Waals surface area contributed by atoms with Crippen LogP contribution in [0.5, 0.6) is 11.5 Å². The smallest absolute Gasteiger partial charge is 0.163 e. The molecule has 2 rings (SSSR count). The fourth-order valence-electron chi connectivity index (χ4n) is 2.34. The molecule has 1 atom stereocenters. The molecule has 0 aromatic heterocycles. The minimum absolute atomic E-state index is 0.350. The molecular weight excluding hydrogens is 291 g/mol. The number of rotatable bonds is 4. The first-order valence-electron chi connectivity index (χ1n) is 6.60. The average molecular weight is 309 g/mol. The van der Waals surface area contributed by atoms with Crippen LogP contribution in [0.25, 0.3) is 0 Å². The first kappa shape index (κ1) is 15.6. The molecule has 0 radical (unpaired) electrons. The molecule has 0 saturated heterocycles. The van der Waals surface area contributed by atoms with Gasteiger partial charge in [-0.2, -0.15) is 0 Å². The van der Waals surface area contributed by atoms with E-state index in [-0.39, 0.29) is 0 Å². The first-order chi connectivity index (χ1) is 9.97. The van der Waals surface area contributed by atoms with E-state index in [1.54, 1.807) is 6.07 Å². The summed E-state index contributed by atoms with van der Waals surface area (Å²) in [6.07, 6.45) is 0. The molecule has 0 heterocycles. The van der Waals surface area contributed by atoms with Gasteiger partial charge in [-0.25, -0.2) is 4.39 Å². The van der Waals surface area contributed by atoms with Crippen molar-refractivity contribution in [2.75, 3.05) is 14.2 Å². The van der Waals surface area contributed by atoms with Crippen LogP contribution in [0.2, 0.25) is 0 Å². The van der Waals surface area contributed by atoms with Crippen molar-refractivity contribution in [2.45, 2.75) is 19.2 Å². The lowest BCUT2D eigenvalue weighted by Gasteiger charge is -2.17. The van der Waals surface area contributed by atoms with Gasteiger partial charge in [0.05, 0.1) is 19.6 Å². The molecular formula is C17H18ClFO2. The van der Waals surface area contributed by atoms with E-state index in [0.717, 1.165) is 16.7 Å². The van der Waals surface area contributed by atoms with Crippen LogP contribution in [-0.4, -0.2) is 14.2 Å². The van der Waals surface area contributed by atoms with Crippen molar-refractivity contribution in [1.29, 1.82) is 0 Å². The van der Waals surface area contributed by atoms with E-state index in [1.807, 2.05) is 32.0 Å². The maximum Gasteiger partial charge on any atom is 0.163 e. The van der Waals surface area contributed by atoms with Gasteiger partial charge in [0, 0.05) is 11.6 Å². The Morgan fingerprint density at radius 3 is 2.14 bits per heavy atom. The Bertz CT molecular complexity index is 655. The van der Waals surface area contributed by atoms with Crippen molar-refractivity contribution < 1.29 is 13.9 Å². The van der Waals surface area contributed by atoms with Gasteiger partial charge < -0.3 is 9.47 Å². The zero-order valence-electron chi connectivity index (χ0n) is 12.5. The van der Waals surface area contributed by atoms with Crippen LogP contribution >= 0.6 is 11.6 Å². The van der Waals surface area contributed by atoms with Gasteiger partial charge in [0.2, 0.25) is 0 Å². The van der Waals surface area contributed by atoms with Gasteiger partial charge in [-0.05, 0) is 31.0 Å². The van der Waals surface area contributed by atoms with Crippen LogP contribution in [0.4, 0.5) is 4.39 Å². The topological polar surface area (TPSA) is 18.5 Å². The molecule has 1 unspecified atom stereocenters. The van der Waals surface area contributed by atoms with E-state index >= 15 is 0 Å². The summed E-state index contributed by atoms with van der Waals surface area (Å²) in [6.45, 7) is 3.98. The molecule has 0 aliphatic heterocycles. The number of methoxy groups -OCH3 is 2. The summed E-state index contributed by atoms with van der Waals surface area (Å²) < 4.78 is 24.6. The second-order valence-corrected chi connectivity index (χ2v) is 5.39. The summed E-state index contributed by atoms with van der Waals surface area (Å²) in [5, 5.41) is -0.578. The van der Waals surface area contributed by atoms with E-state index in [9.17, 15) is 4.39 Å². The van der Waals surface area contributed by atoms with Gasteiger partial charge in [0.1, 0.15) is 5.82 Å². The number of hydrogen-bond donors (Lipinski definition) is 0. The maximum atomic E-state index is 14.3. The van der Waals surface area contributed by atoms with Gasteiger partial charge in [0.25, 0.3) is 0 Å². The van der Waals surface area contributed by atoms with E-state index in [0.29, 0.717) is 17.1 Å². The molecule has 0 fully saturated rings. The predicted molar refractivity (Wildman–Crippen MR) is 83.1 cm³/mol. The molecule has 4 heteroatoms. The van der Waals surface area contributed by atoms with E-state index in [4.69, 9.17) is 21.1 Å². The molecule has 21 heavy (non-hydrogen) atoms. The number of hydrogen-bond acceptors (Lipinski definition) is 2. The van der Waals surface area contributed by atoms with Crippen molar-refractivity contribution in [1.82, 2.24) is 0 Å². The Morgan fingerprint density at radius 1 is 0.952 bits per heavy atom. The highest BCUT2D eigenvalue weighted by atomic mass is 35.5. The zero-order chi connectivity index (χ0) is 15.6. The van der Waals surface area contributed by atoms with E-state index in [1.165, 1.54) is 20.3 Å². The van der Waals surface area contributed by atoms with Crippen LogP contribution in [0.3, 0.4) is 0 Å². The number of benzene rings is 2. The average Bonchev–Trinajstić information content (AvgIpc) is 2.46. The predicted octanol–water partition coefficient (Wildman–Crippen LogP) is 4.79. The molecule has 0 bridgehead atoms. The molecule has 0 aliphatic rings. The summed E-state index contributed by atoms with van der Waals surface area (Å²) in [5.74, 6) is 0.403. The quantitative estimate of drug-likeness (QED) is 0.756. The Morgan fingerprint density at radius 2 is 1.57 bits per heavy atom. The fraction of sp³-hybridized carbons (Fsp3) is 0.294. The summed E-state index contributed by atoms with van der Waals surface area (Å²) in [4.78, 5) is 0. The largest absolute Gasteiger partial charge is 0.493 e. The van der Waals surface area contributed by atoms with Crippen LogP contribution in [0.15, 0.2) is 30.3 Å². The second kappa shape index (κ2) is 6.35. The van der Waals surface area contributed by atoms with Crippen LogP contribution in [-0.2, 0) is 0 Å². The number of alkyl halides is 1.